The van der Waals surface area contributed by atoms with E-state index in [0.29, 0.717) is 51.4 Å². The Morgan fingerprint density at radius 2 is 1.48 bits per heavy atom. The lowest BCUT2D eigenvalue weighted by molar-refractivity contribution is -0.308. The second-order valence-electron chi connectivity index (χ2n) is 20.1. The van der Waals surface area contributed by atoms with Gasteiger partial charge in [0.2, 0.25) is 6.29 Å². The van der Waals surface area contributed by atoms with Gasteiger partial charge in [0.25, 0.3) is 0 Å². The number of rotatable bonds is 6. The van der Waals surface area contributed by atoms with Crippen molar-refractivity contribution >= 4 is 11.9 Å². The Morgan fingerprint density at radius 3 is 2.14 bits per heavy atom. The van der Waals surface area contributed by atoms with Crippen molar-refractivity contribution in [1.82, 2.24) is 0 Å². The van der Waals surface area contributed by atoms with E-state index < -0.39 is 119 Å². The maximum Gasteiger partial charge on any atom is 0.317 e. The summed E-state index contributed by atoms with van der Waals surface area (Å²) in [7, 11) is 0. The van der Waals surface area contributed by atoms with Gasteiger partial charge >= 0.3 is 11.9 Å². The predicted molar refractivity (Wildman–Crippen MR) is 195 cm³/mol. The van der Waals surface area contributed by atoms with Crippen LogP contribution in [0.5, 0.6) is 0 Å². The van der Waals surface area contributed by atoms with E-state index in [1.165, 1.54) is 0 Å². The average Bonchev–Trinajstić information content (AvgIpc) is 3.13. The number of esters is 1. The highest BCUT2D eigenvalue weighted by Crippen LogP contribution is 2.76. The van der Waals surface area contributed by atoms with Crippen molar-refractivity contribution in [2.24, 2.45) is 50.2 Å². The number of hydrogen-bond donors (Lipinski definition) is 9. The van der Waals surface area contributed by atoms with Gasteiger partial charge in [0.05, 0.1) is 30.8 Å². The Bertz CT molecular complexity index is 1570. The quantitative estimate of drug-likeness (QED) is 0.103. The van der Waals surface area contributed by atoms with Crippen molar-refractivity contribution < 1.29 is 74.5 Å². The van der Waals surface area contributed by atoms with E-state index in [4.69, 9.17) is 18.9 Å². The zero-order valence-electron chi connectivity index (χ0n) is 33.4. The number of carbonyl (C=O) groups excluding carboxylic acids is 1. The number of hydrogen-bond acceptors (Lipinski definition) is 14. The number of carboxylic acid groups (broad SMARTS) is 1. The highest BCUT2D eigenvalue weighted by atomic mass is 16.7. The van der Waals surface area contributed by atoms with Gasteiger partial charge in [0.15, 0.2) is 6.29 Å². The van der Waals surface area contributed by atoms with Crippen LogP contribution in [0.25, 0.3) is 0 Å². The molecule has 9 N–H and O–H groups in total. The van der Waals surface area contributed by atoms with E-state index in [1.807, 2.05) is 0 Å². The normalized spacial score (nSPS) is 54.0. The number of carbonyl (C=O) groups is 2. The van der Waals surface area contributed by atoms with E-state index in [9.17, 15) is 55.5 Å². The molecule has 2 saturated heterocycles. The van der Waals surface area contributed by atoms with Gasteiger partial charge < -0.3 is 64.9 Å². The van der Waals surface area contributed by atoms with Gasteiger partial charge in [0.1, 0.15) is 48.1 Å². The standard InChI is InChI=1S/C41H64O15/c1-36(2)13-14-41(35(52)56-33-31(49)29(47)28(46)22(17-42)54-33)20(15-36)19-7-8-23-37(3)11-10-26(55-32-30(48)27(45)21(43)18-53-32)40(6,34(50)51)24(37)9-12-38(23,4)39(19,5)16-25(41)44/h7,20-33,42-49H,8-18H2,1-6H3,(H,50,51)/t20-,21+,22+,23-,24+,25+,26-,27-,28+,29-,30+,31+,32-,33-,37+,38+,39+,40-,41+/m0/s1. The van der Waals surface area contributed by atoms with Crippen molar-refractivity contribution in [2.45, 2.75) is 167 Å². The minimum Gasteiger partial charge on any atom is -0.481 e. The van der Waals surface area contributed by atoms with E-state index in [-0.39, 0.29) is 30.3 Å². The zero-order chi connectivity index (χ0) is 41.1. The average molecular weight is 797 g/mol. The molecule has 0 amide bonds. The molecular weight excluding hydrogens is 732 g/mol. The summed E-state index contributed by atoms with van der Waals surface area (Å²) in [6.07, 6.45) is -8.96. The maximum atomic E-state index is 14.6. The van der Waals surface area contributed by atoms with Crippen LogP contribution in [-0.2, 0) is 28.5 Å². The highest BCUT2D eigenvalue weighted by Gasteiger charge is 2.73. The summed E-state index contributed by atoms with van der Waals surface area (Å²) in [6.45, 7) is 11.7. The molecule has 318 valence electrons. The summed E-state index contributed by atoms with van der Waals surface area (Å²) in [5.74, 6) is -2.57. The molecule has 0 aromatic rings. The molecule has 19 atom stereocenters. The Hall–Kier alpha value is -1.76. The fraction of sp³-hybridized carbons (Fsp3) is 0.902. The number of fused-ring (bicyclic) bond motifs is 7. The molecule has 0 radical (unpaired) electrons. The number of ether oxygens (including phenoxy) is 4. The smallest absolute Gasteiger partial charge is 0.317 e. The van der Waals surface area contributed by atoms with Crippen LogP contribution in [0.15, 0.2) is 11.6 Å². The molecule has 5 aliphatic carbocycles. The largest absolute Gasteiger partial charge is 0.481 e. The molecule has 7 aliphatic rings. The fourth-order valence-corrected chi connectivity index (χ4v) is 13.3. The minimum absolute atomic E-state index is 0.00650. The maximum absolute atomic E-state index is 14.6. The molecule has 56 heavy (non-hydrogen) atoms. The van der Waals surface area contributed by atoms with E-state index >= 15 is 0 Å². The van der Waals surface area contributed by atoms with Gasteiger partial charge in [0, 0.05) is 0 Å². The molecule has 0 unspecified atom stereocenters. The van der Waals surface area contributed by atoms with Crippen molar-refractivity contribution in [3.63, 3.8) is 0 Å². The Kier molecular flexibility index (Phi) is 10.7. The Balaban J connectivity index is 1.21. The molecule has 0 bridgehead atoms. The molecule has 6 fully saturated rings. The van der Waals surface area contributed by atoms with Crippen LogP contribution in [0.3, 0.4) is 0 Å². The molecule has 2 heterocycles. The number of aliphatic hydroxyl groups excluding tert-OH is 8. The van der Waals surface area contributed by atoms with Gasteiger partial charge in [-0.1, -0.05) is 46.3 Å². The molecule has 15 nitrogen and oxygen atoms in total. The number of allylic oxidation sites excluding steroid dienone is 2. The third-order valence-electron chi connectivity index (χ3n) is 17.0. The summed E-state index contributed by atoms with van der Waals surface area (Å²) in [5.41, 5.74) is -3.40. The predicted octanol–water partition coefficient (Wildman–Crippen LogP) is 0.991. The molecule has 0 aromatic heterocycles. The molecule has 0 aromatic carbocycles. The first kappa shape index (κ1) is 42.4. The first-order chi connectivity index (χ1) is 26.0. The van der Waals surface area contributed by atoms with Gasteiger partial charge in [-0.2, -0.15) is 0 Å². The fourth-order valence-electron chi connectivity index (χ4n) is 13.3. The lowest BCUT2D eigenvalue weighted by Gasteiger charge is -2.71. The minimum atomic E-state index is -1.78. The topological polar surface area (TPSA) is 253 Å². The second kappa shape index (κ2) is 14.2. The van der Waals surface area contributed by atoms with Crippen LogP contribution in [0.1, 0.15) is 99.3 Å². The van der Waals surface area contributed by atoms with Gasteiger partial charge in [-0.3, -0.25) is 9.59 Å². The van der Waals surface area contributed by atoms with Gasteiger partial charge in [-0.25, -0.2) is 0 Å². The summed E-state index contributed by atoms with van der Waals surface area (Å²) in [6, 6.07) is 0. The van der Waals surface area contributed by atoms with Crippen molar-refractivity contribution in [3.8, 4) is 0 Å². The summed E-state index contributed by atoms with van der Waals surface area (Å²) < 4.78 is 23.2. The zero-order valence-corrected chi connectivity index (χ0v) is 33.4. The monoisotopic (exact) mass is 796 g/mol. The van der Waals surface area contributed by atoms with E-state index in [1.54, 1.807) is 6.92 Å². The SMILES string of the molecule is CC1(C)CC[C@]2(C(=O)O[C@@H]3O[C@H](CO)[C@@H](O)[C@H](O)[C@H]3O)[C@H](O)C[C@]3(C)C(=CC[C@H]4[C@@]5(C)CC[C@H](O[C@@H]6OC[C@@H](O)[C@H](O)[C@H]6O)[C@@](C)(C(=O)O)[C@@H]5CC[C@]43C)[C@@H]2C1. The van der Waals surface area contributed by atoms with E-state index in [2.05, 4.69) is 40.7 Å². The molecule has 7 rings (SSSR count). The lowest BCUT2D eigenvalue weighted by Crippen LogP contribution is -2.69. The van der Waals surface area contributed by atoms with Crippen LogP contribution < -0.4 is 0 Å². The first-order valence-corrected chi connectivity index (χ1v) is 20.5. The summed E-state index contributed by atoms with van der Waals surface area (Å²) in [5, 5.41) is 95.7. The first-order valence-electron chi connectivity index (χ1n) is 20.5. The highest BCUT2D eigenvalue weighted by molar-refractivity contribution is 5.80. The second-order valence-corrected chi connectivity index (χ2v) is 20.1. The van der Waals surface area contributed by atoms with Crippen molar-refractivity contribution in [3.05, 3.63) is 11.6 Å². The molecule has 15 heteroatoms. The third kappa shape index (κ3) is 5.92. The van der Waals surface area contributed by atoms with Crippen LogP contribution in [0.2, 0.25) is 0 Å². The summed E-state index contributed by atoms with van der Waals surface area (Å²) in [4.78, 5) is 28.0. The number of carboxylic acids is 1. The Labute approximate surface area is 328 Å². The summed E-state index contributed by atoms with van der Waals surface area (Å²) >= 11 is 0. The van der Waals surface area contributed by atoms with Crippen LogP contribution in [0, 0.1) is 50.2 Å². The molecular formula is C41H64O15. The molecule has 0 spiro atoms. The van der Waals surface area contributed by atoms with Crippen molar-refractivity contribution in [1.29, 1.82) is 0 Å². The van der Waals surface area contributed by atoms with Crippen LogP contribution in [0.4, 0.5) is 0 Å². The van der Waals surface area contributed by atoms with Crippen molar-refractivity contribution in [2.75, 3.05) is 13.2 Å². The van der Waals surface area contributed by atoms with Crippen LogP contribution in [-0.4, -0.2) is 139 Å². The molecule has 2 aliphatic heterocycles. The number of aliphatic carboxylic acids is 1. The van der Waals surface area contributed by atoms with Gasteiger partial charge in [-0.05, 0) is 104 Å². The Morgan fingerprint density at radius 1 is 0.804 bits per heavy atom. The molecule has 4 saturated carbocycles. The lowest BCUT2D eigenvalue weighted by atomic mass is 9.33. The number of aliphatic hydroxyl groups is 8. The van der Waals surface area contributed by atoms with Crippen LogP contribution >= 0.6 is 0 Å². The van der Waals surface area contributed by atoms with E-state index in [0.717, 1.165) is 5.57 Å². The van der Waals surface area contributed by atoms with Gasteiger partial charge in [-0.15, -0.1) is 0 Å². The third-order valence-corrected chi connectivity index (χ3v) is 17.0.